The fourth-order valence-corrected chi connectivity index (χ4v) is 2.15. The van der Waals surface area contributed by atoms with Crippen LogP contribution in [0.15, 0.2) is 18.3 Å². The molecule has 1 aliphatic rings. The fraction of sp³-hybridized carbons (Fsp3) is 0.500. The van der Waals surface area contributed by atoms with Crippen LogP contribution < -0.4 is 4.90 Å². The SMILES string of the molecule is CC1OCCC1N(C)c1ncccc1C#N. The van der Waals surface area contributed by atoms with Crippen LogP contribution in [0.25, 0.3) is 0 Å². The van der Waals surface area contributed by atoms with E-state index < -0.39 is 0 Å². The summed E-state index contributed by atoms with van der Waals surface area (Å²) in [6, 6.07) is 6.05. The Hall–Kier alpha value is -1.60. The highest BCUT2D eigenvalue weighted by Crippen LogP contribution is 2.24. The van der Waals surface area contributed by atoms with Crippen LogP contribution in [0.1, 0.15) is 18.9 Å². The first kappa shape index (κ1) is 10.9. The molecule has 1 aromatic rings. The summed E-state index contributed by atoms with van der Waals surface area (Å²) in [4.78, 5) is 6.33. The third kappa shape index (κ3) is 1.86. The van der Waals surface area contributed by atoms with E-state index in [0.717, 1.165) is 18.8 Å². The Morgan fingerprint density at radius 1 is 1.62 bits per heavy atom. The molecule has 1 saturated heterocycles. The zero-order valence-corrected chi connectivity index (χ0v) is 9.55. The molecule has 1 aromatic heterocycles. The first-order chi connectivity index (χ1) is 7.74. The lowest BCUT2D eigenvalue weighted by molar-refractivity contribution is 0.118. The molecule has 4 nitrogen and oxygen atoms in total. The van der Waals surface area contributed by atoms with Crippen molar-refractivity contribution in [3.8, 4) is 6.07 Å². The molecule has 0 N–H and O–H groups in total. The molecular formula is C12H15N3O. The van der Waals surface area contributed by atoms with E-state index >= 15 is 0 Å². The molecule has 0 aliphatic carbocycles. The van der Waals surface area contributed by atoms with E-state index in [0.29, 0.717) is 11.6 Å². The molecule has 84 valence electrons. The molecule has 1 aliphatic heterocycles. The van der Waals surface area contributed by atoms with Gasteiger partial charge in [0.05, 0.1) is 17.7 Å². The largest absolute Gasteiger partial charge is 0.376 e. The van der Waals surface area contributed by atoms with Crippen molar-refractivity contribution in [2.75, 3.05) is 18.6 Å². The fourth-order valence-electron chi connectivity index (χ4n) is 2.15. The van der Waals surface area contributed by atoms with Crippen LogP contribution in [0.2, 0.25) is 0 Å². The van der Waals surface area contributed by atoms with E-state index in [2.05, 4.69) is 22.9 Å². The molecule has 2 atom stereocenters. The van der Waals surface area contributed by atoms with Gasteiger partial charge in [0.1, 0.15) is 11.9 Å². The normalized spacial score (nSPS) is 24.1. The summed E-state index contributed by atoms with van der Waals surface area (Å²) in [5, 5.41) is 9.03. The zero-order valence-electron chi connectivity index (χ0n) is 9.55. The summed E-state index contributed by atoms with van der Waals surface area (Å²) in [6.07, 6.45) is 2.89. The minimum atomic E-state index is 0.193. The molecule has 0 radical (unpaired) electrons. The van der Waals surface area contributed by atoms with Crippen molar-refractivity contribution in [2.24, 2.45) is 0 Å². The molecule has 4 heteroatoms. The molecule has 0 saturated carbocycles. The van der Waals surface area contributed by atoms with Crippen molar-refractivity contribution < 1.29 is 4.74 Å². The second kappa shape index (κ2) is 4.50. The van der Waals surface area contributed by atoms with E-state index in [-0.39, 0.29) is 6.10 Å². The third-order valence-electron chi connectivity index (χ3n) is 3.07. The van der Waals surface area contributed by atoms with Gasteiger partial charge in [-0.2, -0.15) is 5.26 Å². The minimum absolute atomic E-state index is 0.193. The first-order valence-electron chi connectivity index (χ1n) is 5.43. The lowest BCUT2D eigenvalue weighted by Gasteiger charge is -2.28. The van der Waals surface area contributed by atoms with Crippen molar-refractivity contribution in [1.29, 1.82) is 5.26 Å². The van der Waals surface area contributed by atoms with Gasteiger partial charge < -0.3 is 9.64 Å². The van der Waals surface area contributed by atoms with Crippen LogP contribution in [0.4, 0.5) is 5.82 Å². The zero-order chi connectivity index (χ0) is 11.5. The maximum atomic E-state index is 9.03. The molecule has 2 rings (SSSR count). The van der Waals surface area contributed by atoms with Gasteiger partial charge in [-0.1, -0.05) is 0 Å². The van der Waals surface area contributed by atoms with Crippen LogP contribution in [0, 0.1) is 11.3 Å². The second-order valence-electron chi connectivity index (χ2n) is 4.03. The molecule has 1 fully saturated rings. The quantitative estimate of drug-likeness (QED) is 0.754. The minimum Gasteiger partial charge on any atom is -0.376 e. The van der Waals surface area contributed by atoms with Gasteiger partial charge in [0, 0.05) is 19.9 Å². The second-order valence-corrected chi connectivity index (χ2v) is 4.03. The van der Waals surface area contributed by atoms with Crippen LogP contribution in [-0.4, -0.2) is 30.8 Å². The molecule has 2 unspecified atom stereocenters. The highest BCUT2D eigenvalue weighted by molar-refractivity contribution is 5.53. The summed E-state index contributed by atoms with van der Waals surface area (Å²) in [5.41, 5.74) is 0.615. The maximum Gasteiger partial charge on any atom is 0.146 e. The van der Waals surface area contributed by atoms with Gasteiger partial charge in [0.25, 0.3) is 0 Å². The van der Waals surface area contributed by atoms with Crippen LogP contribution in [-0.2, 0) is 4.74 Å². The maximum absolute atomic E-state index is 9.03. The number of nitriles is 1. The smallest absolute Gasteiger partial charge is 0.146 e. The van der Waals surface area contributed by atoms with E-state index in [4.69, 9.17) is 10.00 Å². The van der Waals surface area contributed by atoms with Crippen LogP contribution in [0.5, 0.6) is 0 Å². The van der Waals surface area contributed by atoms with Gasteiger partial charge in [-0.15, -0.1) is 0 Å². The number of ether oxygens (including phenoxy) is 1. The van der Waals surface area contributed by atoms with Gasteiger partial charge in [-0.05, 0) is 25.5 Å². The van der Waals surface area contributed by atoms with Crippen molar-refractivity contribution in [3.63, 3.8) is 0 Å². The van der Waals surface area contributed by atoms with Crippen molar-refractivity contribution in [2.45, 2.75) is 25.5 Å². The van der Waals surface area contributed by atoms with E-state index in [9.17, 15) is 0 Å². The Kier molecular flexibility index (Phi) is 3.07. The van der Waals surface area contributed by atoms with E-state index in [1.54, 1.807) is 18.3 Å². The van der Waals surface area contributed by atoms with Crippen LogP contribution >= 0.6 is 0 Å². The summed E-state index contributed by atoms with van der Waals surface area (Å²) >= 11 is 0. The summed E-state index contributed by atoms with van der Waals surface area (Å²) in [7, 11) is 1.97. The molecule has 2 heterocycles. The highest BCUT2D eigenvalue weighted by atomic mass is 16.5. The Balaban J connectivity index is 2.27. The number of likely N-dealkylation sites (N-methyl/N-ethyl adjacent to an activating group) is 1. The molecule has 0 bridgehead atoms. The number of hydrogen-bond acceptors (Lipinski definition) is 4. The molecule has 0 aromatic carbocycles. The average Bonchev–Trinajstić information content (AvgIpc) is 2.74. The number of rotatable bonds is 2. The van der Waals surface area contributed by atoms with Gasteiger partial charge in [0.15, 0.2) is 0 Å². The van der Waals surface area contributed by atoms with E-state index in [1.807, 2.05) is 7.05 Å². The molecular weight excluding hydrogens is 202 g/mol. The topological polar surface area (TPSA) is 49.1 Å². The summed E-state index contributed by atoms with van der Waals surface area (Å²) in [5.74, 6) is 0.743. The Bertz CT molecular complexity index is 413. The molecule has 0 amide bonds. The van der Waals surface area contributed by atoms with Gasteiger partial charge >= 0.3 is 0 Å². The average molecular weight is 217 g/mol. The highest BCUT2D eigenvalue weighted by Gasteiger charge is 2.29. The van der Waals surface area contributed by atoms with Crippen LogP contribution in [0.3, 0.4) is 0 Å². The summed E-state index contributed by atoms with van der Waals surface area (Å²) < 4.78 is 5.53. The van der Waals surface area contributed by atoms with Crippen molar-refractivity contribution >= 4 is 5.82 Å². The monoisotopic (exact) mass is 217 g/mol. The predicted molar refractivity (Wildman–Crippen MR) is 61.2 cm³/mol. The Labute approximate surface area is 95.5 Å². The Morgan fingerprint density at radius 2 is 2.44 bits per heavy atom. The number of hydrogen-bond donors (Lipinski definition) is 0. The van der Waals surface area contributed by atoms with Gasteiger partial charge in [-0.25, -0.2) is 4.98 Å². The van der Waals surface area contributed by atoms with Crippen molar-refractivity contribution in [3.05, 3.63) is 23.9 Å². The van der Waals surface area contributed by atoms with Gasteiger partial charge in [0.2, 0.25) is 0 Å². The first-order valence-corrected chi connectivity index (χ1v) is 5.43. The number of pyridine rings is 1. The molecule has 16 heavy (non-hydrogen) atoms. The van der Waals surface area contributed by atoms with E-state index in [1.165, 1.54) is 0 Å². The number of anilines is 1. The van der Waals surface area contributed by atoms with Gasteiger partial charge in [-0.3, -0.25) is 0 Å². The van der Waals surface area contributed by atoms with Crippen molar-refractivity contribution in [1.82, 2.24) is 4.98 Å². The predicted octanol–water partition coefficient (Wildman–Crippen LogP) is 1.57. The lowest BCUT2D eigenvalue weighted by Crippen LogP contribution is -2.37. The summed E-state index contributed by atoms with van der Waals surface area (Å²) in [6.45, 7) is 2.84. The Morgan fingerprint density at radius 3 is 3.06 bits per heavy atom. The lowest BCUT2D eigenvalue weighted by atomic mass is 10.1. The number of nitrogens with zero attached hydrogens (tertiary/aromatic N) is 3. The standard InChI is InChI=1S/C12H15N3O/c1-9-11(5-7-16-9)15(2)12-10(8-13)4-3-6-14-12/h3-4,6,9,11H,5,7H2,1-2H3. The molecule has 0 spiro atoms. The third-order valence-corrected chi connectivity index (χ3v) is 3.07. The number of aromatic nitrogens is 1.